The number of nitro benzene ring substituents is 1. The number of pyridine rings is 1. The Morgan fingerprint density at radius 3 is 2.44 bits per heavy atom. The molecule has 0 bridgehead atoms. The lowest BCUT2D eigenvalue weighted by Gasteiger charge is -2.03. The number of non-ortho nitro benzene ring substituents is 1. The highest BCUT2D eigenvalue weighted by Crippen LogP contribution is 2.30. The van der Waals surface area contributed by atoms with E-state index in [2.05, 4.69) is 20.9 Å². The number of aromatic nitrogens is 1. The van der Waals surface area contributed by atoms with Gasteiger partial charge in [-0.3, -0.25) is 15.1 Å². The second kappa shape index (κ2) is 4.40. The highest BCUT2D eigenvalue weighted by atomic mass is 79.9. The molecule has 5 heteroatoms. The van der Waals surface area contributed by atoms with E-state index in [0.29, 0.717) is 4.47 Å². The van der Waals surface area contributed by atoms with Crippen molar-refractivity contribution >= 4 is 21.6 Å². The molecule has 0 atom stereocenters. The van der Waals surface area contributed by atoms with Gasteiger partial charge in [0.05, 0.1) is 4.92 Å². The molecule has 0 aliphatic heterocycles. The van der Waals surface area contributed by atoms with Crippen LogP contribution in [0.25, 0.3) is 11.1 Å². The molecule has 0 saturated heterocycles. The Kier molecular flexibility index (Phi) is 2.96. The molecule has 1 aromatic carbocycles. The largest absolute Gasteiger partial charge is 0.270 e. The minimum Gasteiger partial charge on any atom is -0.265 e. The van der Waals surface area contributed by atoms with Gasteiger partial charge in [-0.1, -0.05) is 0 Å². The summed E-state index contributed by atoms with van der Waals surface area (Å²) < 4.78 is 0.702. The minimum absolute atomic E-state index is 0.0738. The van der Waals surface area contributed by atoms with Gasteiger partial charge in [-0.2, -0.15) is 0 Å². The van der Waals surface area contributed by atoms with Crippen LogP contribution < -0.4 is 0 Å². The van der Waals surface area contributed by atoms with Crippen molar-refractivity contribution in [2.24, 2.45) is 0 Å². The van der Waals surface area contributed by atoms with Crippen LogP contribution in [0.1, 0.15) is 0 Å². The number of nitrogens with zero attached hydrogens (tertiary/aromatic N) is 2. The molecule has 1 aromatic heterocycles. The molecule has 0 aliphatic carbocycles. The average Bonchev–Trinajstić information content (AvgIpc) is 2.30. The van der Waals surface area contributed by atoms with Gasteiger partial charge in [0.1, 0.15) is 0 Å². The smallest absolute Gasteiger partial charge is 0.265 e. The van der Waals surface area contributed by atoms with E-state index in [1.807, 2.05) is 12.1 Å². The van der Waals surface area contributed by atoms with Crippen molar-refractivity contribution < 1.29 is 4.92 Å². The van der Waals surface area contributed by atoms with Crippen LogP contribution in [0.4, 0.5) is 5.69 Å². The van der Waals surface area contributed by atoms with Crippen molar-refractivity contribution in [1.29, 1.82) is 0 Å². The molecule has 16 heavy (non-hydrogen) atoms. The zero-order valence-corrected chi connectivity index (χ0v) is 9.72. The van der Waals surface area contributed by atoms with Crippen LogP contribution in [0.15, 0.2) is 47.2 Å². The number of hydrogen-bond donors (Lipinski definition) is 0. The predicted molar refractivity (Wildman–Crippen MR) is 64.0 cm³/mol. The Bertz CT molecular complexity index is 529. The summed E-state index contributed by atoms with van der Waals surface area (Å²) in [6, 6.07) is 8.41. The van der Waals surface area contributed by atoms with E-state index in [1.165, 1.54) is 12.1 Å². The molecule has 2 aromatic rings. The summed E-state index contributed by atoms with van der Waals surface area (Å²) in [6.45, 7) is 0. The van der Waals surface area contributed by atoms with Gasteiger partial charge < -0.3 is 0 Å². The molecule has 0 spiro atoms. The standard InChI is InChI=1S/C11H7BrN2O2/c12-11-7-9(14(15)16)1-2-10(11)8-3-5-13-6-4-8/h1-7H. The fraction of sp³-hybridized carbons (Fsp3) is 0. The third kappa shape index (κ3) is 2.09. The highest BCUT2D eigenvalue weighted by Gasteiger charge is 2.09. The highest BCUT2D eigenvalue weighted by molar-refractivity contribution is 9.10. The summed E-state index contributed by atoms with van der Waals surface area (Å²) in [7, 11) is 0. The Hall–Kier alpha value is -1.75. The van der Waals surface area contributed by atoms with Crippen molar-refractivity contribution in [3.8, 4) is 11.1 Å². The Morgan fingerprint density at radius 2 is 1.88 bits per heavy atom. The lowest BCUT2D eigenvalue weighted by Crippen LogP contribution is -1.88. The third-order valence-electron chi connectivity index (χ3n) is 2.15. The molecule has 0 aliphatic rings. The number of halogens is 1. The molecule has 0 saturated carbocycles. The SMILES string of the molecule is O=[N+]([O-])c1ccc(-c2ccncc2)c(Br)c1. The second-order valence-electron chi connectivity index (χ2n) is 3.16. The van der Waals surface area contributed by atoms with E-state index >= 15 is 0 Å². The van der Waals surface area contributed by atoms with Crippen LogP contribution in [0.2, 0.25) is 0 Å². The van der Waals surface area contributed by atoms with Gasteiger partial charge in [-0.05, 0) is 45.3 Å². The van der Waals surface area contributed by atoms with Gasteiger partial charge in [-0.15, -0.1) is 0 Å². The van der Waals surface area contributed by atoms with Crippen LogP contribution in [0.3, 0.4) is 0 Å². The number of hydrogen-bond acceptors (Lipinski definition) is 3. The molecule has 2 rings (SSSR count). The van der Waals surface area contributed by atoms with Gasteiger partial charge in [0.15, 0.2) is 0 Å². The molecule has 0 radical (unpaired) electrons. The second-order valence-corrected chi connectivity index (χ2v) is 4.01. The van der Waals surface area contributed by atoms with Gasteiger partial charge in [0.25, 0.3) is 5.69 Å². The van der Waals surface area contributed by atoms with Crippen molar-refractivity contribution in [3.63, 3.8) is 0 Å². The van der Waals surface area contributed by atoms with Gasteiger partial charge in [0.2, 0.25) is 0 Å². The first-order chi connectivity index (χ1) is 7.68. The molecular weight excluding hydrogens is 272 g/mol. The van der Waals surface area contributed by atoms with Crippen molar-refractivity contribution in [2.45, 2.75) is 0 Å². The molecule has 0 amide bonds. The molecule has 1 heterocycles. The number of benzene rings is 1. The quantitative estimate of drug-likeness (QED) is 0.625. The average molecular weight is 279 g/mol. The fourth-order valence-electron chi connectivity index (χ4n) is 1.38. The Labute approximate surface area is 100 Å². The number of nitro groups is 1. The summed E-state index contributed by atoms with van der Waals surface area (Å²) in [5, 5.41) is 10.6. The van der Waals surface area contributed by atoms with E-state index < -0.39 is 4.92 Å². The van der Waals surface area contributed by atoms with Gasteiger partial charge in [-0.25, -0.2) is 0 Å². The molecular formula is C11H7BrN2O2. The lowest BCUT2D eigenvalue weighted by molar-refractivity contribution is -0.384. The number of rotatable bonds is 2. The molecule has 4 nitrogen and oxygen atoms in total. The van der Waals surface area contributed by atoms with Crippen LogP contribution in [-0.2, 0) is 0 Å². The predicted octanol–water partition coefficient (Wildman–Crippen LogP) is 3.42. The Balaban J connectivity index is 2.48. The van der Waals surface area contributed by atoms with E-state index in [9.17, 15) is 10.1 Å². The first-order valence-corrected chi connectivity index (χ1v) is 5.32. The van der Waals surface area contributed by atoms with Crippen molar-refractivity contribution in [2.75, 3.05) is 0 Å². The zero-order chi connectivity index (χ0) is 11.5. The van der Waals surface area contributed by atoms with E-state index in [0.717, 1.165) is 11.1 Å². The summed E-state index contributed by atoms with van der Waals surface area (Å²) >= 11 is 3.33. The van der Waals surface area contributed by atoms with E-state index in [-0.39, 0.29) is 5.69 Å². The normalized spacial score (nSPS) is 10.1. The van der Waals surface area contributed by atoms with Crippen molar-refractivity contribution in [3.05, 3.63) is 57.3 Å². The third-order valence-corrected chi connectivity index (χ3v) is 2.81. The lowest BCUT2D eigenvalue weighted by atomic mass is 10.1. The maximum atomic E-state index is 10.6. The summed E-state index contributed by atoms with van der Waals surface area (Å²) in [6.07, 6.45) is 3.37. The van der Waals surface area contributed by atoms with Crippen LogP contribution in [0.5, 0.6) is 0 Å². The maximum Gasteiger partial charge on any atom is 0.270 e. The van der Waals surface area contributed by atoms with E-state index in [1.54, 1.807) is 18.5 Å². The molecule has 0 N–H and O–H groups in total. The van der Waals surface area contributed by atoms with Crippen molar-refractivity contribution in [1.82, 2.24) is 4.98 Å². The first kappa shape index (κ1) is 10.8. The summed E-state index contributed by atoms with van der Waals surface area (Å²) in [5.41, 5.74) is 1.95. The molecule has 0 unspecified atom stereocenters. The van der Waals surface area contributed by atoms with E-state index in [4.69, 9.17) is 0 Å². The van der Waals surface area contributed by atoms with Gasteiger partial charge >= 0.3 is 0 Å². The minimum atomic E-state index is -0.416. The summed E-state index contributed by atoms with van der Waals surface area (Å²) in [5.74, 6) is 0. The topological polar surface area (TPSA) is 56.0 Å². The molecule has 80 valence electrons. The monoisotopic (exact) mass is 278 g/mol. The maximum absolute atomic E-state index is 10.6. The molecule has 0 fully saturated rings. The Morgan fingerprint density at radius 1 is 1.19 bits per heavy atom. The van der Waals surface area contributed by atoms with Crippen LogP contribution in [0, 0.1) is 10.1 Å². The zero-order valence-electron chi connectivity index (χ0n) is 8.13. The summed E-state index contributed by atoms with van der Waals surface area (Å²) in [4.78, 5) is 14.1. The first-order valence-electron chi connectivity index (χ1n) is 4.53. The fourth-order valence-corrected chi connectivity index (χ4v) is 1.98. The van der Waals surface area contributed by atoms with Crippen LogP contribution >= 0.6 is 15.9 Å². The van der Waals surface area contributed by atoms with Gasteiger partial charge in [0, 0.05) is 29.0 Å². The van der Waals surface area contributed by atoms with Crippen LogP contribution in [-0.4, -0.2) is 9.91 Å².